The molecule has 0 spiro atoms. The number of nitrogens with two attached hydrogens (primary N) is 1. The van der Waals surface area contributed by atoms with Crippen molar-refractivity contribution < 1.29 is 4.79 Å². The Kier molecular flexibility index (Phi) is 6.68. The van der Waals surface area contributed by atoms with Crippen LogP contribution in [0.5, 0.6) is 0 Å². The van der Waals surface area contributed by atoms with Gasteiger partial charge >= 0.3 is 0 Å². The lowest BCUT2D eigenvalue weighted by Crippen LogP contribution is -2.58. The van der Waals surface area contributed by atoms with Gasteiger partial charge in [0.1, 0.15) is 5.54 Å². The van der Waals surface area contributed by atoms with Crippen molar-refractivity contribution in [2.45, 2.75) is 31.3 Å². The van der Waals surface area contributed by atoms with E-state index in [1.54, 1.807) is 0 Å². The van der Waals surface area contributed by atoms with E-state index in [2.05, 4.69) is 4.90 Å². The largest absolute Gasteiger partial charge is 0.338 e. The third kappa shape index (κ3) is 3.57. The number of amides is 1. The zero-order valence-electron chi connectivity index (χ0n) is 12.9. The van der Waals surface area contributed by atoms with Gasteiger partial charge in [-0.05, 0) is 31.9 Å². The second-order valence-corrected chi connectivity index (χ2v) is 6.15. The topological polar surface area (TPSA) is 49.6 Å². The van der Waals surface area contributed by atoms with Crippen LogP contribution in [0.25, 0.3) is 0 Å². The van der Waals surface area contributed by atoms with E-state index in [4.69, 9.17) is 5.73 Å². The lowest BCUT2D eigenvalue weighted by molar-refractivity contribution is -0.139. The second kappa shape index (κ2) is 7.64. The van der Waals surface area contributed by atoms with Crippen molar-refractivity contribution in [1.82, 2.24) is 9.80 Å². The van der Waals surface area contributed by atoms with Gasteiger partial charge in [0.25, 0.3) is 0 Å². The minimum absolute atomic E-state index is 0. The number of nitrogens with zero attached hydrogens (tertiary/aromatic N) is 2. The third-order valence-corrected chi connectivity index (χ3v) is 4.69. The Morgan fingerprint density at radius 1 is 1.18 bits per heavy atom. The van der Waals surface area contributed by atoms with Gasteiger partial charge in [0, 0.05) is 25.7 Å². The van der Waals surface area contributed by atoms with Crippen LogP contribution in [0.1, 0.15) is 25.3 Å². The van der Waals surface area contributed by atoms with Crippen LogP contribution in [-0.2, 0) is 10.3 Å². The fraction of sp³-hybridized carbons (Fsp3) is 0.562. The van der Waals surface area contributed by atoms with Gasteiger partial charge in [-0.25, -0.2) is 0 Å². The van der Waals surface area contributed by atoms with Gasteiger partial charge < -0.3 is 10.6 Å². The number of halogens is 2. The molecule has 2 unspecified atom stereocenters. The SMILES string of the molecule is CC(N)(C(=O)N1CCN2CCCC2C1)c1ccccc1.Cl.Cl. The normalized spacial score (nSPS) is 23.7. The summed E-state index contributed by atoms with van der Waals surface area (Å²) >= 11 is 0. The summed E-state index contributed by atoms with van der Waals surface area (Å²) in [6.07, 6.45) is 2.46. The van der Waals surface area contributed by atoms with E-state index in [9.17, 15) is 4.79 Å². The number of hydrogen-bond acceptors (Lipinski definition) is 3. The summed E-state index contributed by atoms with van der Waals surface area (Å²) in [4.78, 5) is 17.2. The highest BCUT2D eigenvalue weighted by molar-refractivity contribution is 5.87. The average Bonchev–Trinajstić information content (AvgIpc) is 2.94. The first kappa shape index (κ1) is 19.2. The van der Waals surface area contributed by atoms with E-state index in [1.165, 1.54) is 19.4 Å². The summed E-state index contributed by atoms with van der Waals surface area (Å²) in [7, 11) is 0. The van der Waals surface area contributed by atoms with E-state index in [0.29, 0.717) is 6.04 Å². The number of rotatable bonds is 2. The first-order valence-corrected chi connectivity index (χ1v) is 7.47. The lowest BCUT2D eigenvalue weighted by atomic mass is 9.91. The quantitative estimate of drug-likeness (QED) is 0.891. The molecule has 6 heteroatoms. The Hall–Kier alpha value is -0.810. The highest BCUT2D eigenvalue weighted by Gasteiger charge is 2.39. The van der Waals surface area contributed by atoms with E-state index in [1.807, 2.05) is 42.2 Å². The van der Waals surface area contributed by atoms with E-state index >= 15 is 0 Å². The molecule has 2 N–H and O–H groups in total. The fourth-order valence-corrected chi connectivity index (χ4v) is 3.41. The van der Waals surface area contributed by atoms with Crippen molar-refractivity contribution in [3.63, 3.8) is 0 Å². The van der Waals surface area contributed by atoms with Gasteiger partial charge in [-0.2, -0.15) is 0 Å². The number of piperazine rings is 1. The molecule has 2 fully saturated rings. The predicted octanol–water partition coefficient (Wildman–Crippen LogP) is 2.01. The molecule has 22 heavy (non-hydrogen) atoms. The number of carbonyl (C=O) groups excluding carboxylic acids is 1. The highest BCUT2D eigenvalue weighted by atomic mass is 35.5. The molecular weight excluding hydrogens is 321 g/mol. The molecule has 2 atom stereocenters. The second-order valence-electron chi connectivity index (χ2n) is 6.15. The molecule has 0 bridgehead atoms. The summed E-state index contributed by atoms with van der Waals surface area (Å²) in [5, 5.41) is 0. The zero-order valence-corrected chi connectivity index (χ0v) is 14.5. The maximum Gasteiger partial charge on any atom is 0.247 e. The van der Waals surface area contributed by atoms with Crippen LogP contribution in [0.2, 0.25) is 0 Å². The highest BCUT2D eigenvalue weighted by Crippen LogP contribution is 2.25. The molecule has 2 aliphatic rings. The first-order valence-electron chi connectivity index (χ1n) is 7.47. The van der Waals surface area contributed by atoms with Crippen LogP contribution in [0.4, 0.5) is 0 Å². The van der Waals surface area contributed by atoms with Gasteiger partial charge in [-0.3, -0.25) is 9.69 Å². The lowest BCUT2D eigenvalue weighted by Gasteiger charge is -2.40. The van der Waals surface area contributed by atoms with Gasteiger partial charge in [0.2, 0.25) is 5.91 Å². The molecule has 124 valence electrons. The summed E-state index contributed by atoms with van der Waals surface area (Å²) in [5.74, 6) is 0.0512. The van der Waals surface area contributed by atoms with Crippen LogP contribution in [0.15, 0.2) is 30.3 Å². The van der Waals surface area contributed by atoms with E-state index < -0.39 is 5.54 Å². The van der Waals surface area contributed by atoms with Crippen molar-refractivity contribution in [2.75, 3.05) is 26.2 Å². The average molecular weight is 346 g/mol. The Bertz CT molecular complexity index is 495. The maximum atomic E-state index is 12.8. The Labute approximate surface area is 144 Å². The minimum Gasteiger partial charge on any atom is -0.338 e. The molecule has 0 aromatic heterocycles. The number of benzene rings is 1. The zero-order chi connectivity index (χ0) is 14.2. The molecule has 1 aromatic carbocycles. The number of fused-ring (bicyclic) bond motifs is 1. The monoisotopic (exact) mass is 345 g/mol. The maximum absolute atomic E-state index is 12.8. The fourth-order valence-electron chi connectivity index (χ4n) is 3.41. The van der Waals surface area contributed by atoms with Crippen molar-refractivity contribution in [3.05, 3.63) is 35.9 Å². The van der Waals surface area contributed by atoms with Crippen LogP contribution < -0.4 is 5.73 Å². The van der Waals surface area contributed by atoms with Gasteiger partial charge in [0.15, 0.2) is 0 Å². The Morgan fingerprint density at radius 2 is 1.86 bits per heavy atom. The summed E-state index contributed by atoms with van der Waals surface area (Å²) in [6.45, 7) is 5.63. The van der Waals surface area contributed by atoms with Crippen LogP contribution >= 0.6 is 24.8 Å². The molecular formula is C16H25Cl2N3O. The Balaban J connectivity index is 0.00000121. The van der Waals surface area contributed by atoms with Crippen molar-refractivity contribution in [2.24, 2.45) is 5.73 Å². The summed E-state index contributed by atoms with van der Waals surface area (Å²) in [5.41, 5.74) is 6.30. The molecule has 2 heterocycles. The third-order valence-electron chi connectivity index (χ3n) is 4.69. The van der Waals surface area contributed by atoms with Gasteiger partial charge in [-0.15, -0.1) is 24.8 Å². The summed E-state index contributed by atoms with van der Waals surface area (Å²) in [6, 6.07) is 10.2. The number of hydrogen-bond donors (Lipinski definition) is 1. The molecule has 4 nitrogen and oxygen atoms in total. The van der Waals surface area contributed by atoms with E-state index in [0.717, 1.165) is 25.2 Å². The number of carbonyl (C=O) groups is 1. The van der Waals surface area contributed by atoms with Gasteiger partial charge in [0.05, 0.1) is 0 Å². The van der Waals surface area contributed by atoms with E-state index in [-0.39, 0.29) is 30.7 Å². The molecule has 0 saturated carbocycles. The first-order chi connectivity index (χ1) is 9.59. The molecule has 2 saturated heterocycles. The molecule has 1 amide bonds. The van der Waals surface area contributed by atoms with Crippen LogP contribution in [-0.4, -0.2) is 47.9 Å². The van der Waals surface area contributed by atoms with Crippen molar-refractivity contribution in [1.29, 1.82) is 0 Å². The minimum atomic E-state index is -0.929. The van der Waals surface area contributed by atoms with Crippen LogP contribution in [0.3, 0.4) is 0 Å². The molecule has 0 radical (unpaired) electrons. The standard InChI is InChI=1S/C16H23N3O.2ClH/c1-16(17,13-6-3-2-4-7-13)15(20)19-11-10-18-9-5-8-14(18)12-19;;/h2-4,6-7,14H,5,8-12,17H2,1H3;2*1H. The molecule has 1 aromatic rings. The molecule has 0 aliphatic carbocycles. The van der Waals surface area contributed by atoms with Gasteiger partial charge in [-0.1, -0.05) is 30.3 Å². The predicted molar refractivity (Wildman–Crippen MR) is 93.7 cm³/mol. The molecule has 3 rings (SSSR count). The Morgan fingerprint density at radius 3 is 2.55 bits per heavy atom. The van der Waals surface area contributed by atoms with Crippen molar-refractivity contribution >= 4 is 30.7 Å². The smallest absolute Gasteiger partial charge is 0.247 e. The van der Waals surface area contributed by atoms with Crippen molar-refractivity contribution in [3.8, 4) is 0 Å². The molecule has 2 aliphatic heterocycles. The summed E-state index contributed by atoms with van der Waals surface area (Å²) < 4.78 is 0. The van der Waals surface area contributed by atoms with Crippen LogP contribution in [0, 0.1) is 0 Å².